The molecular weight excluding hydrogens is 300 g/mol. The normalized spacial score (nSPS) is 20.2. The first kappa shape index (κ1) is 14.6. The maximum Gasteiger partial charge on any atom is 0.250 e. The molecule has 2 N–H and O–H groups in total. The van der Waals surface area contributed by atoms with Crippen molar-refractivity contribution in [2.75, 3.05) is 10.6 Å². The lowest BCUT2D eigenvalue weighted by Crippen LogP contribution is -2.49. The fourth-order valence-corrected chi connectivity index (χ4v) is 3.27. The molecule has 114 valence electrons. The zero-order valence-corrected chi connectivity index (χ0v) is 13.1. The molecule has 0 aliphatic carbocycles. The number of para-hydroxylation sites is 1. The number of aromatic nitrogens is 2. The molecule has 0 bridgehead atoms. The molecule has 0 unspecified atom stereocenters. The minimum atomic E-state index is -1.22. The molecule has 0 saturated heterocycles. The van der Waals surface area contributed by atoms with Gasteiger partial charge < -0.3 is 10.6 Å². The van der Waals surface area contributed by atoms with E-state index in [2.05, 4.69) is 15.7 Å². The van der Waals surface area contributed by atoms with Gasteiger partial charge in [-0.05, 0) is 26.0 Å². The number of carbonyl (C=O) groups is 2. The highest BCUT2D eigenvalue weighted by Crippen LogP contribution is 2.42. The van der Waals surface area contributed by atoms with Gasteiger partial charge in [-0.25, -0.2) is 0 Å². The minimum Gasteiger partial charge on any atom is -0.323 e. The third kappa shape index (κ3) is 2.48. The van der Waals surface area contributed by atoms with Crippen LogP contribution in [0, 0.1) is 0 Å². The molecule has 1 aromatic heterocycles. The third-order valence-electron chi connectivity index (χ3n) is 3.53. The SMILES string of the molecule is CCn1cc(NC(=O)[C@@]2(C)Sc3ccccc3NC2=O)cn1. The minimum absolute atomic E-state index is 0.323. The van der Waals surface area contributed by atoms with Crippen molar-refractivity contribution < 1.29 is 9.59 Å². The summed E-state index contributed by atoms with van der Waals surface area (Å²) in [6.45, 7) is 4.31. The van der Waals surface area contributed by atoms with Crippen LogP contribution >= 0.6 is 11.8 Å². The fraction of sp³-hybridized carbons (Fsp3) is 0.267. The van der Waals surface area contributed by atoms with Gasteiger partial charge in [-0.2, -0.15) is 5.10 Å². The highest BCUT2D eigenvalue weighted by molar-refractivity contribution is 8.02. The first-order chi connectivity index (χ1) is 10.5. The van der Waals surface area contributed by atoms with Crippen molar-refractivity contribution >= 4 is 35.0 Å². The number of carbonyl (C=O) groups excluding carboxylic acids is 2. The summed E-state index contributed by atoms with van der Waals surface area (Å²) in [5, 5.41) is 9.66. The van der Waals surface area contributed by atoms with Crippen LogP contribution in [0.1, 0.15) is 13.8 Å². The van der Waals surface area contributed by atoms with Crippen molar-refractivity contribution in [1.29, 1.82) is 0 Å². The van der Waals surface area contributed by atoms with Gasteiger partial charge in [-0.1, -0.05) is 23.9 Å². The Morgan fingerprint density at radius 3 is 2.95 bits per heavy atom. The average molecular weight is 316 g/mol. The summed E-state index contributed by atoms with van der Waals surface area (Å²) in [6.07, 6.45) is 3.31. The van der Waals surface area contributed by atoms with E-state index in [-0.39, 0.29) is 11.8 Å². The van der Waals surface area contributed by atoms with E-state index in [1.54, 1.807) is 24.0 Å². The van der Waals surface area contributed by atoms with Crippen LogP contribution in [-0.4, -0.2) is 26.3 Å². The molecule has 1 aliphatic heterocycles. The summed E-state index contributed by atoms with van der Waals surface area (Å²) in [6, 6.07) is 7.44. The number of nitrogens with zero attached hydrogens (tertiary/aromatic N) is 2. The Labute approximate surface area is 132 Å². The number of nitrogens with one attached hydrogen (secondary N) is 2. The number of anilines is 2. The molecule has 0 radical (unpaired) electrons. The summed E-state index contributed by atoms with van der Waals surface area (Å²) < 4.78 is 0.490. The first-order valence-electron chi connectivity index (χ1n) is 6.96. The van der Waals surface area contributed by atoms with Crippen LogP contribution in [0.15, 0.2) is 41.6 Å². The van der Waals surface area contributed by atoms with Crippen LogP contribution in [0.3, 0.4) is 0 Å². The van der Waals surface area contributed by atoms with Gasteiger partial charge in [0, 0.05) is 17.6 Å². The molecule has 7 heteroatoms. The molecule has 2 aromatic rings. The Kier molecular flexibility index (Phi) is 3.66. The van der Waals surface area contributed by atoms with Gasteiger partial charge >= 0.3 is 0 Å². The molecule has 0 spiro atoms. The van der Waals surface area contributed by atoms with Gasteiger partial charge in [0.05, 0.1) is 17.6 Å². The number of hydrogen-bond acceptors (Lipinski definition) is 4. The lowest BCUT2D eigenvalue weighted by molar-refractivity contribution is -0.126. The average Bonchev–Trinajstić information content (AvgIpc) is 2.96. The standard InChI is InChI=1S/C15H16N4O2S/c1-3-19-9-10(8-16-19)17-13(20)15(2)14(21)18-11-6-4-5-7-12(11)22-15/h4-9H,3H2,1-2H3,(H,17,20)(H,18,21)/t15-/m1/s1. The summed E-state index contributed by atoms with van der Waals surface area (Å²) in [5.74, 6) is -0.684. The Morgan fingerprint density at radius 2 is 2.23 bits per heavy atom. The maximum absolute atomic E-state index is 12.6. The van der Waals surface area contributed by atoms with Crippen molar-refractivity contribution in [3.63, 3.8) is 0 Å². The zero-order chi connectivity index (χ0) is 15.7. The van der Waals surface area contributed by atoms with Crippen LogP contribution in [0.25, 0.3) is 0 Å². The van der Waals surface area contributed by atoms with Gasteiger partial charge in [-0.15, -0.1) is 0 Å². The third-order valence-corrected chi connectivity index (χ3v) is 4.89. The summed E-state index contributed by atoms with van der Waals surface area (Å²) in [7, 11) is 0. The molecule has 3 rings (SSSR count). The highest BCUT2D eigenvalue weighted by Gasteiger charge is 2.45. The van der Waals surface area contributed by atoms with E-state index in [4.69, 9.17) is 0 Å². The zero-order valence-electron chi connectivity index (χ0n) is 12.3. The predicted octanol–water partition coefficient (Wildman–Crippen LogP) is 2.34. The first-order valence-corrected chi connectivity index (χ1v) is 7.78. The van der Waals surface area contributed by atoms with E-state index in [1.807, 2.05) is 31.2 Å². The van der Waals surface area contributed by atoms with Crippen LogP contribution < -0.4 is 10.6 Å². The number of hydrogen-bond donors (Lipinski definition) is 2. The molecular formula is C15H16N4O2S. The second kappa shape index (κ2) is 5.49. The number of thioether (sulfide) groups is 1. The number of aryl methyl sites for hydroxylation is 1. The van der Waals surface area contributed by atoms with Crippen LogP contribution in [-0.2, 0) is 16.1 Å². The van der Waals surface area contributed by atoms with Crippen LogP contribution in [0.5, 0.6) is 0 Å². The van der Waals surface area contributed by atoms with Crippen LogP contribution in [0.4, 0.5) is 11.4 Å². The molecule has 0 saturated carbocycles. The molecule has 0 fully saturated rings. The predicted molar refractivity (Wildman–Crippen MR) is 85.9 cm³/mol. The Hall–Kier alpha value is -2.28. The van der Waals surface area contributed by atoms with Gasteiger partial charge in [0.1, 0.15) is 0 Å². The number of benzene rings is 1. The van der Waals surface area contributed by atoms with E-state index < -0.39 is 4.75 Å². The Balaban J connectivity index is 1.83. The van der Waals surface area contributed by atoms with Crippen molar-refractivity contribution in [3.05, 3.63) is 36.7 Å². The van der Waals surface area contributed by atoms with E-state index in [0.717, 1.165) is 17.1 Å². The summed E-state index contributed by atoms with van der Waals surface area (Å²) >= 11 is 1.26. The topological polar surface area (TPSA) is 76.0 Å². The summed E-state index contributed by atoms with van der Waals surface area (Å²) in [5.41, 5.74) is 1.32. The van der Waals surface area contributed by atoms with Crippen molar-refractivity contribution in [2.24, 2.45) is 0 Å². The van der Waals surface area contributed by atoms with E-state index in [9.17, 15) is 9.59 Å². The van der Waals surface area contributed by atoms with Gasteiger partial charge in [0.2, 0.25) is 11.8 Å². The lowest BCUT2D eigenvalue weighted by atomic mass is 10.1. The van der Waals surface area contributed by atoms with Crippen LogP contribution in [0.2, 0.25) is 0 Å². The molecule has 1 aromatic carbocycles. The van der Waals surface area contributed by atoms with Gasteiger partial charge in [0.15, 0.2) is 4.75 Å². The number of amides is 2. The van der Waals surface area contributed by atoms with E-state index in [0.29, 0.717) is 5.69 Å². The van der Waals surface area contributed by atoms with Crippen molar-refractivity contribution in [1.82, 2.24) is 9.78 Å². The molecule has 2 amide bonds. The number of rotatable bonds is 3. The summed E-state index contributed by atoms with van der Waals surface area (Å²) in [4.78, 5) is 25.8. The second-order valence-electron chi connectivity index (χ2n) is 5.12. The number of fused-ring (bicyclic) bond motifs is 1. The van der Waals surface area contributed by atoms with Crippen molar-refractivity contribution in [2.45, 2.75) is 30.0 Å². The highest BCUT2D eigenvalue weighted by atomic mass is 32.2. The molecule has 22 heavy (non-hydrogen) atoms. The Morgan fingerprint density at radius 1 is 1.45 bits per heavy atom. The van der Waals surface area contributed by atoms with Gasteiger partial charge in [-0.3, -0.25) is 14.3 Å². The fourth-order valence-electron chi connectivity index (χ4n) is 2.17. The Bertz CT molecular complexity index is 743. The van der Waals surface area contributed by atoms with E-state index in [1.165, 1.54) is 11.8 Å². The molecule has 6 nitrogen and oxygen atoms in total. The van der Waals surface area contributed by atoms with E-state index >= 15 is 0 Å². The smallest absolute Gasteiger partial charge is 0.250 e. The van der Waals surface area contributed by atoms with Crippen molar-refractivity contribution in [3.8, 4) is 0 Å². The van der Waals surface area contributed by atoms with Gasteiger partial charge in [0.25, 0.3) is 0 Å². The molecule has 1 aliphatic rings. The quantitative estimate of drug-likeness (QED) is 0.852. The maximum atomic E-state index is 12.6. The monoisotopic (exact) mass is 316 g/mol. The largest absolute Gasteiger partial charge is 0.323 e. The second-order valence-corrected chi connectivity index (χ2v) is 6.58. The molecule has 1 atom stereocenters. The molecule has 2 heterocycles. The lowest BCUT2D eigenvalue weighted by Gasteiger charge is -2.31.